The van der Waals surface area contributed by atoms with E-state index in [4.69, 9.17) is 21.9 Å². The molecule has 0 radical (unpaired) electrons. The van der Waals surface area contributed by atoms with Gasteiger partial charge in [0.15, 0.2) is 0 Å². The molecule has 360 valence electrons. The molecule has 1 aliphatic rings. The number of nitrogens with one attached hydrogen (secondary N) is 6. The molecule has 7 amide bonds. The normalized spacial score (nSPS) is 17.7. The molecule has 1 heterocycles. The topological polar surface area (TPSA) is 343 Å². The van der Waals surface area contributed by atoms with Crippen LogP contribution in [0.25, 0.3) is 11.1 Å². The first kappa shape index (κ1) is 53.2. The lowest BCUT2D eigenvalue weighted by molar-refractivity contribution is -0.135. The first-order valence-corrected chi connectivity index (χ1v) is 21.7. The number of alkyl carbamates (subject to hydrolysis) is 1. The molecule has 15 N–H and O–H groups in total. The third kappa shape index (κ3) is 16.7. The molecule has 0 spiro atoms. The van der Waals surface area contributed by atoms with Crippen LogP contribution in [0, 0.1) is 0 Å². The minimum absolute atomic E-state index is 0.0248. The molecule has 3 rings (SSSR count). The number of rotatable bonds is 17. The van der Waals surface area contributed by atoms with Gasteiger partial charge in [0.05, 0.1) is 0 Å². The summed E-state index contributed by atoms with van der Waals surface area (Å²) in [5.41, 5.74) is 16.7. The van der Waals surface area contributed by atoms with E-state index >= 15 is 0 Å². The Labute approximate surface area is 379 Å². The lowest BCUT2D eigenvalue weighted by atomic mass is 9.95. The van der Waals surface area contributed by atoms with Crippen LogP contribution in [-0.2, 0) is 41.6 Å². The zero-order valence-electron chi connectivity index (χ0n) is 38.1. The predicted octanol–water partition coefficient (Wildman–Crippen LogP) is 0.417. The molecule has 2 aromatic rings. The number of carboxylic acid groups (broad SMARTS) is 1. The molecule has 21 nitrogen and oxygen atoms in total. The van der Waals surface area contributed by atoms with Crippen molar-refractivity contribution < 1.29 is 53.6 Å². The number of fused-ring (bicyclic) bond motifs is 5. The number of phenols is 2. The van der Waals surface area contributed by atoms with Gasteiger partial charge in [-0.25, -0.2) is 9.59 Å². The number of nitrogens with zero attached hydrogens (tertiary/aromatic N) is 1. The number of aromatic hydroxyl groups is 2. The molecule has 0 unspecified atom stereocenters. The van der Waals surface area contributed by atoms with Crippen LogP contribution in [0.5, 0.6) is 11.5 Å². The second kappa shape index (κ2) is 24.2. The van der Waals surface area contributed by atoms with Crippen molar-refractivity contribution >= 4 is 41.7 Å². The van der Waals surface area contributed by atoms with Crippen LogP contribution < -0.4 is 49.1 Å². The molecular weight excluding hydrogens is 845 g/mol. The predicted molar refractivity (Wildman–Crippen MR) is 241 cm³/mol. The van der Waals surface area contributed by atoms with E-state index in [0.29, 0.717) is 11.1 Å². The summed E-state index contributed by atoms with van der Waals surface area (Å²) in [4.78, 5) is 96.4. The number of hydrogen-bond acceptors (Lipinski definition) is 13. The van der Waals surface area contributed by atoms with Gasteiger partial charge in [0.2, 0.25) is 29.5 Å². The summed E-state index contributed by atoms with van der Waals surface area (Å²) in [5, 5.41) is 47.9. The van der Waals surface area contributed by atoms with Crippen LogP contribution in [0.3, 0.4) is 0 Å². The van der Waals surface area contributed by atoms with Crippen LogP contribution in [0.1, 0.15) is 84.8 Å². The molecule has 21 heteroatoms. The first-order chi connectivity index (χ1) is 30.5. The fourth-order valence-electron chi connectivity index (χ4n) is 7.04. The van der Waals surface area contributed by atoms with E-state index in [9.17, 15) is 48.9 Å². The maximum absolute atomic E-state index is 14.5. The molecule has 0 saturated carbocycles. The summed E-state index contributed by atoms with van der Waals surface area (Å²) in [6.07, 6.45) is -2.56. The summed E-state index contributed by atoms with van der Waals surface area (Å²) in [6.45, 7) is 10.4. The summed E-state index contributed by atoms with van der Waals surface area (Å²) < 4.78 is 5.44. The fraction of sp³-hybridized carbons (Fsp3) is 0.568. The maximum Gasteiger partial charge on any atom is 0.408 e. The first-order valence-electron chi connectivity index (χ1n) is 21.7. The van der Waals surface area contributed by atoms with Crippen LogP contribution in [0.15, 0.2) is 36.4 Å². The van der Waals surface area contributed by atoms with Crippen LogP contribution in [-0.4, -0.2) is 136 Å². The Balaban J connectivity index is 2.17. The Hall–Kier alpha value is -6.19. The Kier molecular flexibility index (Phi) is 19.8. The van der Waals surface area contributed by atoms with E-state index in [1.165, 1.54) is 17.0 Å². The molecule has 2 aromatic carbocycles. The van der Waals surface area contributed by atoms with Gasteiger partial charge in [-0.3, -0.25) is 24.0 Å². The van der Waals surface area contributed by atoms with Gasteiger partial charge in [-0.15, -0.1) is 0 Å². The number of amides is 7. The largest absolute Gasteiger partial charge is 0.508 e. The highest BCUT2D eigenvalue weighted by atomic mass is 16.6. The summed E-state index contributed by atoms with van der Waals surface area (Å²) in [7, 11) is 0. The van der Waals surface area contributed by atoms with Gasteiger partial charge in [0.1, 0.15) is 47.3 Å². The van der Waals surface area contributed by atoms with Crippen molar-refractivity contribution in [3.8, 4) is 22.6 Å². The number of ether oxygens (including phenoxy) is 1. The van der Waals surface area contributed by atoms with E-state index in [1.54, 1.807) is 65.8 Å². The van der Waals surface area contributed by atoms with Gasteiger partial charge in [-0.1, -0.05) is 12.1 Å². The van der Waals surface area contributed by atoms with Crippen molar-refractivity contribution in [2.24, 2.45) is 17.2 Å². The van der Waals surface area contributed by atoms with Gasteiger partial charge in [0, 0.05) is 38.0 Å². The van der Waals surface area contributed by atoms with E-state index in [0.717, 1.165) is 0 Å². The van der Waals surface area contributed by atoms with Crippen molar-refractivity contribution in [1.82, 2.24) is 36.8 Å². The van der Waals surface area contributed by atoms with Crippen molar-refractivity contribution in [2.75, 3.05) is 32.7 Å². The van der Waals surface area contributed by atoms with E-state index < -0.39 is 83.1 Å². The molecule has 0 aliphatic carbocycles. The highest BCUT2D eigenvalue weighted by Crippen LogP contribution is 2.31. The average Bonchev–Trinajstić information content (AvgIpc) is 3.21. The van der Waals surface area contributed by atoms with Crippen LogP contribution >= 0.6 is 0 Å². The maximum atomic E-state index is 14.5. The van der Waals surface area contributed by atoms with Gasteiger partial charge < -0.3 is 74.1 Å². The Morgan fingerprint density at radius 1 is 0.785 bits per heavy atom. The van der Waals surface area contributed by atoms with E-state index in [-0.39, 0.29) is 100 Å². The smallest absolute Gasteiger partial charge is 0.408 e. The molecule has 0 aromatic heterocycles. The SMILES string of the molecule is CC(C)(C)OC(=O)N[C@H]1Cc2cc(ccc2O)-c2ccc(O)c(c2)C[C@@H](C(=O)N[C@@H](CCCN)C(=O)N[C@@H](CCN)C(=O)NCCN)NC(=O)[C@H](CCCN(C(=O)O)C(C)(C)C)NC1=O. The molecular formula is C44H68N10O11. The second-order valence-corrected chi connectivity index (χ2v) is 17.9. The summed E-state index contributed by atoms with van der Waals surface area (Å²) in [5.74, 6) is -4.36. The summed E-state index contributed by atoms with van der Waals surface area (Å²) in [6, 6.07) is 2.40. The van der Waals surface area contributed by atoms with Crippen LogP contribution in [0.4, 0.5) is 9.59 Å². The lowest BCUT2D eigenvalue weighted by Gasteiger charge is -2.33. The van der Waals surface area contributed by atoms with Crippen LogP contribution in [0.2, 0.25) is 0 Å². The second-order valence-electron chi connectivity index (χ2n) is 17.9. The number of hydrogen-bond donors (Lipinski definition) is 12. The number of nitrogens with two attached hydrogens (primary N) is 3. The molecule has 0 fully saturated rings. The minimum atomic E-state index is -1.52. The highest BCUT2D eigenvalue weighted by Gasteiger charge is 2.35. The molecule has 65 heavy (non-hydrogen) atoms. The fourth-order valence-corrected chi connectivity index (χ4v) is 7.04. The van der Waals surface area contributed by atoms with Crippen molar-refractivity contribution in [3.63, 3.8) is 0 Å². The monoisotopic (exact) mass is 913 g/mol. The Morgan fingerprint density at radius 3 is 1.92 bits per heavy atom. The van der Waals surface area contributed by atoms with Gasteiger partial charge >= 0.3 is 12.2 Å². The van der Waals surface area contributed by atoms with Gasteiger partial charge in [-0.05, 0) is 133 Å². The van der Waals surface area contributed by atoms with Crippen molar-refractivity contribution in [2.45, 2.75) is 128 Å². The van der Waals surface area contributed by atoms with Gasteiger partial charge in [-0.2, -0.15) is 0 Å². The number of carbonyl (C=O) groups excluding carboxylic acids is 6. The van der Waals surface area contributed by atoms with Crippen molar-refractivity contribution in [3.05, 3.63) is 47.5 Å². The Bertz CT molecular complexity index is 2000. The average molecular weight is 913 g/mol. The quantitative estimate of drug-likeness (QED) is 0.102. The number of benzene rings is 2. The molecule has 1 aliphatic heterocycles. The number of phenolic OH excluding ortho intramolecular Hbond substituents is 2. The van der Waals surface area contributed by atoms with E-state index in [2.05, 4.69) is 31.9 Å². The number of carbonyl (C=O) groups is 7. The summed E-state index contributed by atoms with van der Waals surface area (Å²) >= 11 is 0. The third-order valence-corrected chi connectivity index (χ3v) is 10.4. The molecule has 5 atom stereocenters. The third-order valence-electron chi connectivity index (χ3n) is 10.4. The minimum Gasteiger partial charge on any atom is -0.508 e. The zero-order valence-corrected chi connectivity index (χ0v) is 38.1. The highest BCUT2D eigenvalue weighted by molar-refractivity contribution is 5.96. The standard InChI is InChI=1S/C44H68N10O11/c1-43(2,3)54(42(63)64)20-8-10-30-38(59)52-32(39(60)49-29(9-7-16-45)37(58)51-31(15-17-46)36(57)48-19-18-47)23-27-21-25(11-13-34(27)55)26-12-14-35(56)28(22-26)24-33(40(61)50-30)53-41(62)65-44(4,5)6/h11-14,21-22,29-33,55-56H,7-10,15-20,23-24,45-47H2,1-6H3,(H,48,57)(H,49,60)(H,50,61)(H,51,58)(H,52,59)(H,53,62)(H,63,64)/t29-,30-,31-,32-,33-/m0/s1. The molecule has 4 bridgehead atoms. The van der Waals surface area contributed by atoms with Gasteiger partial charge in [0.25, 0.3) is 0 Å². The van der Waals surface area contributed by atoms with Crippen molar-refractivity contribution in [1.29, 1.82) is 0 Å². The molecule has 0 saturated heterocycles. The lowest BCUT2D eigenvalue weighted by Crippen LogP contribution is -2.60. The Morgan fingerprint density at radius 2 is 1.38 bits per heavy atom. The van der Waals surface area contributed by atoms with E-state index in [1.807, 2.05) is 0 Å². The zero-order chi connectivity index (χ0) is 48.6.